The molecule has 0 atom stereocenters. The van der Waals surface area contributed by atoms with Gasteiger partial charge in [0.2, 0.25) is 5.91 Å². The van der Waals surface area contributed by atoms with Crippen LogP contribution in [0.5, 0.6) is 0 Å². The zero-order valence-corrected chi connectivity index (χ0v) is 22.6. The van der Waals surface area contributed by atoms with Gasteiger partial charge in [-0.25, -0.2) is 4.79 Å². The summed E-state index contributed by atoms with van der Waals surface area (Å²) < 4.78 is 42.1. The molecule has 0 spiro atoms. The lowest BCUT2D eigenvalue weighted by atomic mass is 10.0. The molecule has 4 rings (SSSR count). The Labute approximate surface area is 228 Å². The second-order valence-corrected chi connectivity index (χ2v) is 11.5. The molecule has 10 nitrogen and oxygen atoms in total. The van der Waals surface area contributed by atoms with Gasteiger partial charge in [0.1, 0.15) is 13.1 Å². The van der Waals surface area contributed by atoms with E-state index in [0.29, 0.717) is 24.0 Å². The molecule has 38 heavy (non-hydrogen) atoms. The lowest BCUT2D eigenvalue weighted by molar-refractivity contribution is -0.887. The molecule has 204 valence electrons. The number of piperazine rings is 2. The fraction of sp³-hybridized carbons (Fsp3) is 0.391. The Bertz CT molecular complexity index is 1260. The van der Waals surface area contributed by atoms with E-state index in [1.165, 1.54) is 17.4 Å². The maximum Gasteiger partial charge on any atom is 0.445 e. The van der Waals surface area contributed by atoms with Crippen molar-refractivity contribution >= 4 is 56.7 Å². The fourth-order valence-corrected chi connectivity index (χ4v) is 5.49. The van der Waals surface area contributed by atoms with Gasteiger partial charge in [0, 0.05) is 18.8 Å². The van der Waals surface area contributed by atoms with Crippen LogP contribution in [0.25, 0.3) is 0 Å². The van der Waals surface area contributed by atoms with Gasteiger partial charge in [-0.05, 0) is 53.3 Å². The molecular formula is C23H25BrF3N6O4S+. The number of carbonyl (C=O) groups is 4. The molecule has 2 saturated heterocycles. The highest BCUT2D eigenvalue weighted by Crippen LogP contribution is 2.35. The van der Waals surface area contributed by atoms with Gasteiger partial charge < -0.3 is 10.2 Å². The largest absolute Gasteiger partial charge is 0.445 e. The highest BCUT2D eigenvalue weighted by Gasteiger charge is 2.43. The summed E-state index contributed by atoms with van der Waals surface area (Å²) in [6.07, 6.45) is -4.90. The van der Waals surface area contributed by atoms with Gasteiger partial charge in [0.15, 0.2) is 0 Å². The molecule has 2 aliphatic rings. The predicted octanol–water partition coefficient (Wildman–Crippen LogP) is 2.74. The van der Waals surface area contributed by atoms with Crippen LogP contribution in [0.1, 0.15) is 25.6 Å². The number of quaternary nitrogens is 1. The second-order valence-electron chi connectivity index (χ2n) is 9.03. The molecule has 1 aromatic carbocycles. The number of amides is 5. The molecule has 3 N–H and O–H groups in total. The molecule has 15 heteroatoms. The first-order valence-electron chi connectivity index (χ1n) is 11.6. The molecule has 0 radical (unpaired) electrons. The minimum absolute atomic E-state index is 0.0787. The molecular weight excluding hydrogens is 593 g/mol. The van der Waals surface area contributed by atoms with Crippen LogP contribution in [0.2, 0.25) is 0 Å². The van der Waals surface area contributed by atoms with Gasteiger partial charge in [0.05, 0.1) is 39.4 Å². The van der Waals surface area contributed by atoms with E-state index in [1.54, 1.807) is 12.1 Å². The standard InChI is InChI=1S/C23H24BrF3N6O4S/c1-31-8-10-33(11-9-31,30-20(35)17-4-5-18(24)38-17)22(37)29-14-2-3-15(16(12-14)23(25,26)27)21(36)32-7-6-28-19(34)13-32/h2-5,12H,6-11,13H2,1H3,(H2-,28,29,30,34,35,36,37)/p+1. The van der Waals surface area contributed by atoms with E-state index in [9.17, 15) is 32.3 Å². The Kier molecular flexibility index (Phi) is 8.11. The lowest BCUT2D eigenvalue weighted by Gasteiger charge is -2.40. The molecule has 2 fully saturated rings. The third-order valence-corrected chi connectivity index (χ3v) is 7.98. The number of likely N-dealkylation sites (N-methyl/N-ethyl adjacent to an activating group) is 1. The molecule has 0 saturated carbocycles. The van der Waals surface area contributed by atoms with Crippen LogP contribution in [0.15, 0.2) is 34.1 Å². The van der Waals surface area contributed by atoms with Crippen molar-refractivity contribution in [3.05, 3.63) is 50.1 Å². The number of hydrogen-bond donors (Lipinski definition) is 3. The Morgan fingerprint density at radius 3 is 2.42 bits per heavy atom. The average Bonchev–Trinajstić information content (AvgIpc) is 3.31. The number of nitrogens with zero attached hydrogens (tertiary/aromatic N) is 3. The molecule has 2 aliphatic heterocycles. The second kappa shape index (κ2) is 11.0. The number of thiophene rings is 1. The quantitative estimate of drug-likeness (QED) is 0.459. The molecule has 0 unspecified atom stereocenters. The van der Waals surface area contributed by atoms with E-state index in [1.807, 2.05) is 11.9 Å². The van der Waals surface area contributed by atoms with E-state index < -0.39 is 45.6 Å². The molecule has 1 aromatic heterocycles. The van der Waals surface area contributed by atoms with E-state index in [4.69, 9.17) is 0 Å². The van der Waals surface area contributed by atoms with Crippen LogP contribution in [-0.2, 0) is 11.0 Å². The number of rotatable bonds is 3. The van der Waals surface area contributed by atoms with Gasteiger partial charge >= 0.3 is 18.1 Å². The van der Waals surface area contributed by atoms with Crippen molar-refractivity contribution in [3.63, 3.8) is 0 Å². The van der Waals surface area contributed by atoms with Crippen molar-refractivity contribution in [1.82, 2.24) is 20.5 Å². The van der Waals surface area contributed by atoms with Crippen molar-refractivity contribution in [3.8, 4) is 0 Å². The number of alkyl halides is 3. The molecule has 0 bridgehead atoms. The van der Waals surface area contributed by atoms with Crippen LogP contribution >= 0.6 is 27.3 Å². The first kappa shape index (κ1) is 28.0. The highest BCUT2D eigenvalue weighted by molar-refractivity contribution is 9.11. The molecule has 3 heterocycles. The number of urea groups is 1. The Morgan fingerprint density at radius 1 is 1.11 bits per heavy atom. The van der Waals surface area contributed by atoms with E-state index in [2.05, 4.69) is 32.0 Å². The molecule has 2 aromatic rings. The monoisotopic (exact) mass is 617 g/mol. The Balaban J connectivity index is 1.59. The number of halogens is 4. The third-order valence-electron chi connectivity index (χ3n) is 6.36. The minimum atomic E-state index is -4.90. The van der Waals surface area contributed by atoms with Crippen molar-refractivity contribution in [2.45, 2.75) is 6.18 Å². The van der Waals surface area contributed by atoms with Crippen LogP contribution in [0.3, 0.4) is 0 Å². The van der Waals surface area contributed by atoms with E-state index in [0.717, 1.165) is 14.8 Å². The summed E-state index contributed by atoms with van der Waals surface area (Å²) in [6.45, 7) is 1.20. The summed E-state index contributed by atoms with van der Waals surface area (Å²) in [4.78, 5) is 54.2. The van der Waals surface area contributed by atoms with Crippen molar-refractivity contribution in [2.24, 2.45) is 0 Å². The zero-order valence-electron chi connectivity index (χ0n) is 20.2. The summed E-state index contributed by atoms with van der Waals surface area (Å²) in [6, 6.07) is 5.48. The van der Waals surface area contributed by atoms with Gasteiger partial charge in [-0.2, -0.15) is 18.6 Å². The number of carbonyl (C=O) groups excluding carboxylic acids is 4. The maximum absolute atomic E-state index is 14.0. The van der Waals surface area contributed by atoms with Crippen LogP contribution in [-0.4, -0.2) is 91.0 Å². The summed E-state index contributed by atoms with van der Waals surface area (Å²) in [5.74, 6) is -1.87. The smallest absolute Gasteiger partial charge is 0.353 e. The number of anilines is 1. The SMILES string of the molecule is CN1CC[N+](NC(=O)c2ccc(Br)s2)(C(=O)Nc2ccc(C(=O)N3CCNC(=O)C3)c(C(F)(F)F)c2)CC1. The first-order valence-corrected chi connectivity index (χ1v) is 13.2. The summed E-state index contributed by atoms with van der Waals surface area (Å²) in [5, 5.41) is 5.02. The zero-order chi connectivity index (χ0) is 27.7. The normalized spacial score (nSPS) is 18.0. The first-order chi connectivity index (χ1) is 17.9. The number of hydrogen-bond acceptors (Lipinski definition) is 6. The van der Waals surface area contributed by atoms with Crippen molar-refractivity contribution in [2.75, 3.05) is 58.2 Å². The number of nitrogens with one attached hydrogen (secondary N) is 3. The van der Waals surface area contributed by atoms with Crippen LogP contribution in [0, 0.1) is 0 Å². The summed E-state index contributed by atoms with van der Waals surface area (Å²) >= 11 is 4.48. The van der Waals surface area contributed by atoms with Gasteiger partial charge in [-0.3, -0.25) is 24.6 Å². The third kappa shape index (κ3) is 6.17. The topological polar surface area (TPSA) is 111 Å². The lowest BCUT2D eigenvalue weighted by Crippen LogP contribution is -2.70. The Morgan fingerprint density at radius 2 is 1.82 bits per heavy atom. The predicted molar refractivity (Wildman–Crippen MR) is 136 cm³/mol. The Hall–Kier alpha value is -3.01. The molecule has 5 amide bonds. The van der Waals surface area contributed by atoms with Crippen LogP contribution in [0.4, 0.5) is 23.7 Å². The van der Waals surface area contributed by atoms with Gasteiger partial charge in [0.25, 0.3) is 5.91 Å². The van der Waals surface area contributed by atoms with Crippen LogP contribution < -0.4 is 16.1 Å². The summed E-state index contributed by atoms with van der Waals surface area (Å²) in [7, 11) is 1.86. The average molecular weight is 618 g/mol. The van der Waals surface area contributed by atoms with Gasteiger partial charge in [-0.15, -0.1) is 15.9 Å². The van der Waals surface area contributed by atoms with Crippen molar-refractivity contribution < 1.29 is 36.9 Å². The number of benzene rings is 1. The summed E-state index contributed by atoms with van der Waals surface area (Å²) in [5.41, 5.74) is 0.719. The van der Waals surface area contributed by atoms with Gasteiger partial charge in [-0.1, -0.05) is 0 Å². The minimum Gasteiger partial charge on any atom is -0.353 e. The van der Waals surface area contributed by atoms with E-state index in [-0.39, 0.29) is 38.4 Å². The highest BCUT2D eigenvalue weighted by atomic mass is 79.9. The van der Waals surface area contributed by atoms with E-state index >= 15 is 0 Å². The van der Waals surface area contributed by atoms with Crippen molar-refractivity contribution in [1.29, 1.82) is 0 Å². The molecule has 0 aliphatic carbocycles. The maximum atomic E-state index is 14.0. The fourth-order valence-electron chi connectivity index (χ4n) is 4.21.